The molecule has 3 nitrogen and oxygen atoms in total. The monoisotopic (exact) mass is 261 g/mol. The molecule has 2 atom stereocenters. The van der Waals surface area contributed by atoms with Crippen molar-refractivity contribution in [2.75, 3.05) is 0 Å². The fraction of sp³-hybridized carbons (Fsp3) is 0.455. The summed E-state index contributed by atoms with van der Waals surface area (Å²) in [5.41, 5.74) is 5.61. The molecule has 0 fully saturated rings. The third-order valence-corrected chi connectivity index (χ3v) is 5.04. The SMILES string of the molecule is CC(N)CC(C)S(=O)(=O)c1ccccc1Cl. The first-order valence-electron chi connectivity index (χ1n) is 5.09. The van der Waals surface area contributed by atoms with Gasteiger partial charge in [0.2, 0.25) is 0 Å². The van der Waals surface area contributed by atoms with Crippen molar-refractivity contribution in [3.63, 3.8) is 0 Å². The Morgan fingerprint density at radius 2 is 1.88 bits per heavy atom. The van der Waals surface area contributed by atoms with E-state index in [1.54, 1.807) is 32.0 Å². The van der Waals surface area contributed by atoms with E-state index >= 15 is 0 Å². The van der Waals surface area contributed by atoms with Gasteiger partial charge in [-0.25, -0.2) is 8.42 Å². The predicted octanol–water partition coefficient (Wildman–Crippen LogP) is 2.24. The summed E-state index contributed by atoms with van der Waals surface area (Å²) in [7, 11) is -3.38. The number of hydrogen-bond acceptors (Lipinski definition) is 3. The van der Waals surface area contributed by atoms with E-state index in [-0.39, 0.29) is 16.0 Å². The molecule has 16 heavy (non-hydrogen) atoms. The first-order chi connectivity index (χ1) is 7.35. The first kappa shape index (κ1) is 13.5. The van der Waals surface area contributed by atoms with Gasteiger partial charge in [-0.15, -0.1) is 0 Å². The van der Waals surface area contributed by atoms with E-state index in [9.17, 15) is 8.42 Å². The number of benzene rings is 1. The molecule has 5 heteroatoms. The van der Waals surface area contributed by atoms with Crippen LogP contribution in [0, 0.1) is 0 Å². The Kier molecular flexibility index (Phi) is 4.35. The van der Waals surface area contributed by atoms with Crippen molar-refractivity contribution in [1.82, 2.24) is 0 Å². The second-order valence-electron chi connectivity index (χ2n) is 4.00. The molecule has 0 aliphatic heterocycles. The molecule has 1 aromatic rings. The molecular formula is C11H16ClNO2S. The minimum atomic E-state index is -3.38. The molecule has 0 saturated heterocycles. The molecule has 1 aromatic carbocycles. The van der Waals surface area contributed by atoms with E-state index < -0.39 is 15.1 Å². The summed E-state index contributed by atoms with van der Waals surface area (Å²) < 4.78 is 24.3. The smallest absolute Gasteiger partial charge is 0.182 e. The van der Waals surface area contributed by atoms with Crippen molar-refractivity contribution in [3.05, 3.63) is 29.3 Å². The van der Waals surface area contributed by atoms with E-state index in [1.165, 1.54) is 6.07 Å². The van der Waals surface area contributed by atoms with E-state index in [0.717, 1.165) is 0 Å². The molecule has 0 spiro atoms. The third-order valence-electron chi connectivity index (χ3n) is 2.38. The van der Waals surface area contributed by atoms with Gasteiger partial charge in [0.15, 0.2) is 9.84 Å². The Hall–Kier alpha value is -0.580. The molecule has 0 amide bonds. The van der Waals surface area contributed by atoms with Gasteiger partial charge in [-0.3, -0.25) is 0 Å². The average molecular weight is 262 g/mol. The van der Waals surface area contributed by atoms with Crippen molar-refractivity contribution >= 4 is 21.4 Å². The molecule has 0 radical (unpaired) electrons. The molecule has 0 bridgehead atoms. The van der Waals surface area contributed by atoms with Gasteiger partial charge in [-0.2, -0.15) is 0 Å². The van der Waals surface area contributed by atoms with Crippen LogP contribution in [-0.4, -0.2) is 19.7 Å². The number of nitrogens with two attached hydrogens (primary N) is 1. The van der Waals surface area contributed by atoms with Gasteiger partial charge >= 0.3 is 0 Å². The van der Waals surface area contributed by atoms with Crippen LogP contribution < -0.4 is 5.73 Å². The van der Waals surface area contributed by atoms with Gasteiger partial charge in [0.25, 0.3) is 0 Å². The first-order valence-corrected chi connectivity index (χ1v) is 7.02. The van der Waals surface area contributed by atoms with Crippen LogP contribution in [0.25, 0.3) is 0 Å². The summed E-state index contributed by atoms with van der Waals surface area (Å²) in [4.78, 5) is 0.185. The fourth-order valence-corrected chi connectivity index (χ4v) is 3.60. The van der Waals surface area contributed by atoms with Gasteiger partial charge in [0.1, 0.15) is 0 Å². The highest BCUT2D eigenvalue weighted by molar-refractivity contribution is 7.92. The molecule has 2 unspecified atom stereocenters. The summed E-state index contributed by atoms with van der Waals surface area (Å²) in [6.07, 6.45) is 0.424. The average Bonchev–Trinajstić information content (AvgIpc) is 2.16. The lowest BCUT2D eigenvalue weighted by atomic mass is 10.2. The van der Waals surface area contributed by atoms with Gasteiger partial charge in [-0.1, -0.05) is 23.7 Å². The molecule has 0 aromatic heterocycles. The molecule has 0 aliphatic rings. The summed E-state index contributed by atoms with van der Waals surface area (Å²) in [6.45, 7) is 3.45. The van der Waals surface area contributed by atoms with Crippen LogP contribution in [0.3, 0.4) is 0 Å². The molecule has 0 aliphatic carbocycles. The topological polar surface area (TPSA) is 60.2 Å². The van der Waals surface area contributed by atoms with Gasteiger partial charge in [0.05, 0.1) is 15.2 Å². The van der Waals surface area contributed by atoms with Crippen LogP contribution in [-0.2, 0) is 9.84 Å². The second kappa shape index (κ2) is 5.17. The number of rotatable bonds is 4. The fourth-order valence-electron chi connectivity index (χ4n) is 1.54. The van der Waals surface area contributed by atoms with Crippen LogP contribution in [0.5, 0.6) is 0 Å². The quantitative estimate of drug-likeness (QED) is 0.904. The zero-order valence-electron chi connectivity index (χ0n) is 9.35. The van der Waals surface area contributed by atoms with Crippen LogP contribution in [0.1, 0.15) is 20.3 Å². The Balaban J connectivity index is 3.08. The minimum Gasteiger partial charge on any atom is -0.328 e. The Morgan fingerprint density at radius 1 is 1.31 bits per heavy atom. The number of hydrogen-bond donors (Lipinski definition) is 1. The Morgan fingerprint density at radius 3 is 2.38 bits per heavy atom. The zero-order chi connectivity index (χ0) is 12.3. The largest absolute Gasteiger partial charge is 0.328 e. The normalized spacial score (nSPS) is 15.8. The molecule has 0 heterocycles. The van der Waals surface area contributed by atoms with Crippen molar-refractivity contribution in [1.29, 1.82) is 0 Å². The van der Waals surface area contributed by atoms with Crippen molar-refractivity contribution < 1.29 is 8.42 Å². The highest BCUT2D eigenvalue weighted by Crippen LogP contribution is 2.25. The summed E-state index contributed by atoms with van der Waals surface area (Å²) in [6, 6.07) is 6.32. The van der Waals surface area contributed by atoms with E-state index in [2.05, 4.69) is 0 Å². The van der Waals surface area contributed by atoms with Crippen LogP contribution >= 0.6 is 11.6 Å². The van der Waals surface area contributed by atoms with Crippen LogP contribution in [0.4, 0.5) is 0 Å². The maximum absolute atomic E-state index is 12.1. The maximum Gasteiger partial charge on any atom is 0.182 e. The van der Waals surface area contributed by atoms with Crippen LogP contribution in [0.15, 0.2) is 29.2 Å². The lowest BCUT2D eigenvalue weighted by Gasteiger charge is -2.15. The van der Waals surface area contributed by atoms with E-state index in [4.69, 9.17) is 17.3 Å². The second-order valence-corrected chi connectivity index (χ2v) is 6.74. The van der Waals surface area contributed by atoms with Gasteiger partial charge in [0, 0.05) is 6.04 Å². The lowest BCUT2D eigenvalue weighted by molar-refractivity contribution is 0.563. The zero-order valence-corrected chi connectivity index (χ0v) is 10.9. The molecular weight excluding hydrogens is 246 g/mol. The van der Waals surface area contributed by atoms with Crippen LogP contribution in [0.2, 0.25) is 5.02 Å². The third kappa shape index (κ3) is 2.97. The number of halogens is 1. The van der Waals surface area contributed by atoms with Crippen molar-refractivity contribution in [2.24, 2.45) is 5.73 Å². The van der Waals surface area contributed by atoms with Crippen molar-refractivity contribution in [2.45, 2.75) is 36.5 Å². The van der Waals surface area contributed by atoms with Crippen molar-refractivity contribution in [3.8, 4) is 0 Å². The Bertz CT molecular complexity index is 457. The molecule has 0 saturated carbocycles. The summed E-state index contributed by atoms with van der Waals surface area (Å²) >= 11 is 5.88. The molecule has 90 valence electrons. The highest BCUT2D eigenvalue weighted by Gasteiger charge is 2.25. The minimum absolute atomic E-state index is 0.146. The van der Waals surface area contributed by atoms with Gasteiger partial charge in [-0.05, 0) is 32.4 Å². The highest BCUT2D eigenvalue weighted by atomic mass is 35.5. The predicted molar refractivity (Wildman–Crippen MR) is 66.4 cm³/mol. The molecule has 2 N–H and O–H groups in total. The van der Waals surface area contributed by atoms with E-state index in [1.807, 2.05) is 0 Å². The maximum atomic E-state index is 12.1. The van der Waals surface area contributed by atoms with E-state index in [0.29, 0.717) is 6.42 Å². The number of sulfone groups is 1. The summed E-state index contributed by atoms with van der Waals surface area (Å²) in [5, 5.41) is -0.258. The Labute approximate surface area is 102 Å². The lowest BCUT2D eigenvalue weighted by Crippen LogP contribution is -2.27. The standard InChI is InChI=1S/C11H16ClNO2S/c1-8(13)7-9(2)16(14,15)11-6-4-3-5-10(11)12/h3-6,8-9H,7,13H2,1-2H3. The summed E-state index contributed by atoms with van der Waals surface area (Å²) in [5.74, 6) is 0. The van der Waals surface area contributed by atoms with Gasteiger partial charge < -0.3 is 5.73 Å². The molecule has 1 rings (SSSR count).